The first-order valence-electron chi connectivity index (χ1n) is 10.7. The quantitative estimate of drug-likeness (QED) is 0.318. The number of alkyl halides is 1. The Labute approximate surface area is 168 Å². The zero-order chi connectivity index (χ0) is 20.6. The van der Waals surface area contributed by atoms with Crippen LogP contribution in [-0.4, -0.2) is 49.5 Å². The maximum atomic E-state index is 14.8. The van der Waals surface area contributed by atoms with Crippen molar-refractivity contribution in [3.8, 4) is 0 Å². The van der Waals surface area contributed by atoms with E-state index >= 15 is 0 Å². The molecule has 6 heteroatoms. The number of carbonyl (C=O) groups is 1. The number of methoxy groups -OCH3 is 2. The predicted molar refractivity (Wildman–Crippen MR) is 105 cm³/mol. The van der Waals surface area contributed by atoms with Gasteiger partial charge in [0.1, 0.15) is 0 Å². The molecule has 1 aliphatic carbocycles. The summed E-state index contributed by atoms with van der Waals surface area (Å²) in [5.41, 5.74) is 0. The number of esters is 1. The molecule has 0 aromatic carbocycles. The standard InChI is InChI=1S/C22H37FO5/c1-4-5-11-20(23)22(27-3)14-13-17-16(18(24)15-19(17)28-22)10-8-6-7-9-12-21(25)26-2/h6,8,16-20,24H,4-5,7,9-15H2,1-3H3/t16-,17-,18+,19-,20?,22?/m1/s1. The lowest BCUT2D eigenvalue weighted by Crippen LogP contribution is -2.51. The second kappa shape index (κ2) is 11.3. The third kappa shape index (κ3) is 5.77. The van der Waals surface area contributed by atoms with Gasteiger partial charge in [-0.25, -0.2) is 4.39 Å². The molecule has 5 nitrogen and oxygen atoms in total. The fourth-order valence-corrected chi connectivity index (χ4v) is 4.65. The molecule has 1 saturated carbocycles. The van der Waals surface area contributed by atoms with Crippen LogP contribution in [0.4, 0.5) is 4.39 Å². The molecule has 2 fully saturated rings. The van der Waals surface area contributed by atoms with Crippen LogP contribution in [0.2, 0.25) is 0 Å². The number of rotatable bonds is 11. The number of aliphatic hydroxyl groups is 1. The van der Waals surface area contributed by atoms with Crippen LogP contribution in [0.15, 0.2) is 12.2 Å². The molecular formula is C22H37FO5. The van der Waals surface area contributed by atoms with E-state index in [-0.39, 0.29) is 23.9 Å². The third-order valence-electron chi connectivity index (χ3n) is 6.36. The van der Waals surface area contributed by atoms with Gasteiger partial charge in [0.25, 0.3) is 0 Å². The summed E-state index contributed by atoms with van der Waals surface area (Å²) in [6.45, 7) is 2.05. The summed E-state index contributed by atoms with van der Waals surface area (Å²) in [7, 11) is 2.92. The minimum absolute atomic E-state index is 0.130. The molecule has 6 atom stereocenters. The average Bonchev–Trinajstić information content (AvgIpc) is 3.02. The summed E-state index contributed by atoms with van der Waals surface area (Å²) in [6, 6.07) is 0. The van der Waals surface area contributed by atoms with Crippen molar-refractivity contribution in [2.24, 2.45) is 11.8 Å². The van der Waals surface area contributed by atoms with Gasteiger partial charge in [-0.2, -0.15) is 0 Å². The number of carbonyl (C=O) groups excluding carboxylic acids is 1. The Hall–Kier alpha value is -0.980. The Morgan fingerprint density at radius 2 is 2.14 bits per heavy atom. The molecular weight excluding hydrogens is 363 g/mol. The lowest BCUT2D eigenvalue weighted by atomic mass is 9.82. The van der Waals surface area contributed by atoms with Crippen LogP contribution in [0.3, 0.4) is 0 Å². The maximum absolute atomic E-state index is 14.8. The lowest BCUT2D eigenvalue weighted by Gasteiger charge is -2.44. The fraction of sp³-hybridized carbons (Fsp3) is 0.864. The van der Waals surface area contributed by atoms with E-state index in [1.54, 1.807) is 0 Å². The van der Waals surface area contributed by atoms with Gasteiger partial charge in [0.15, 0.2) is 12.0 Å². The first-order chi connectivity index (χ1) is 13.5. The van der Waals surface area contributed by atoms with E-state index in [2.05, 4.69) is 16.9 Å². The summed E-state index contributed by atoms with van der Waals surface area (Å²) in [6.07, 6.45) is 9.29. The first kappa shape index (κ1) is 23.3. The molecule has 2 unspecified atom stereocenters. The van der Waals surface area contributed by atoms with Crippen molar-refractivity contribution >= 4 is 5.97 Å². The highest BCUT2D eigenvalue weighted by Gasteiger charge is 2.53. The number of halogens is 1. The number of unbranched alkanes of at least 4 members (excludes halogenated alkanes) is 2. The van der Waals surface area contributed by atoms with Crippen molar-refractivity contribution in [3.63, 3.8) is 0 Å². The highest BCUT2D eigenvalue weighted by molar-refractivity contribution is 5.69. The lowest BCUT2D eigenvalue weighted by molar-refractivity contribution is -0.306. The van der Waals surface area contributed by atoms with Gasteiger partial charge in [-0.15, -0.1) is 0 Å². The molecule has 0 bridgehead atoms. The number of ether oxygens (including phenoxy) is 3. The second-order valence-corrected chi connectivity index (χ2v) is 8.13. The van der Waals surface area contributed by atoms with E-state index < -0.39 is 18.1 Å². The van der Waals surface area contributed by atoms with E-state index in [9.17, 15) is 14.3 Å². The van der Waals surface area contributed by atoms with Crippen LogP contribution in [0.5, 0.6) is 0 Å². The van der Waals surface area contributed by atoms with Crippen LogP contribution in [0.1, 0.15) is 71.1 Å². The SMILES string of the molecule is CCCCC(F)C1(OC)CC[C@@H]2[C@@H](CC=CCCCC(=O)OC)[C@@H](O)C[C@H]2O1. The maximum Gasteiger partial charge on any atom is 0.305 e. The molecule has 0 aromatic heterocycles. The van der Waals surface area contributed by atoms with E-state index in [4.69, 9.17) is 9.47 Å². The molecule has 0 amide bonds. The van der Waals surface area contributed by atoms with Crippen LogP contribution < -0.4 is 0 Å². The van der Waals surface area contributed by atoms with Gasteiger partial charge in [-0.05, 0) is 43.9 Å². The Bertz CT molecular complexity index is 511. The highest BCUT2D eigenvalue weighted by Crippen LogP contribution is 2.48. The van der Waals surface area contributed by atoms with Crippen molar-refractivity contribution in [1.29, 1.82) is 0 Å². The van der Waals surface area contributed by atoms with Crippen molar-refractivity contribution < 1.29 is 28.5 Å². The highest BCUT2D eigenvalue weighted by atomic mass is 19.1. The molecule has 1 saturated heterocycles. The zero-order valence-corrected chi connectivity index (χ0v) is 17.6. The molecule has 1 heterocycles. The largest absolute Gasteiger partial charge is 0.469 e. The normalized spacial score (nSPS) is 33.8. The summed E-state index contributed by atoms with van der Waals surface area (Å²) in [4.78, 5) is 11.1. The minimum Gasteiger partial charge on any atom is -0.469 e. The first-order valence-corrected chi connectivity index (χ1v) is 10.7. The van der Waals surface area contributed by atoms with Crippen LogP contribution in [-0.2, 0) is 19.0 Å². The molecule has 2 rings (SSSR count). The second-order valence-electron chi connectivity index (χ2n) is 8.13. The number of allylic oxidation sites excluding steroid dienone is 2. The topological polar surface area (TPSA) is 65.0 Å². The van der Waals surface area contributed by atoms with Gasteiger partial charge in [0.05, 0.1) is 19.3 Å². The Morgan fingerprint density at radius 3 is 2.82 bits per heavy atom. The Balaban J connectivity index is 1.86. The van der Waals surface area contributed by atoms with Crippen LogP contribution >= 0.6 is 0 Å². The fourth-order valence-electron chi connectivity index (χ4n) is 4.65. The monoisotopic (exact) mass is 400 g/mol. The van der Waals surface area contributed by atoms with E-state index in [0.29, 0.717) is 25.7 Å². The third-order valence-corrected chi connectivity index (χ3v) is 6.36. The van der Waals surface area contributed by atoms with Crippen molar-refractivity contribution in [2.45, 2.75) is 95.3 Å². The average molecular weight is 401 g/mol. The molecule has 162 valence electrons. The number of aliphatic hydroxyl groups excluding tert-OH is 1. The van der Waals surface area contributed by atoms with Gasteiger partial charge in [-0.3, -0.25) is 4.79 Å². The van der Waals surface area contributed by atoms with Gasteiger partial charge >= 0.3 is 5.97 Å². The van der Waals surface area contributed by atoms with Crippen molar-refractivity contribution in [1.82, 2.24) is 0 Å². The minimum atomic E-state index is -1.16. The summed E-state index contributed by atoms with van der Waals surface area (Å²) in [5.74, 6) is -0.982. The smallest absolute Gasteiger partial charge is 0.305 e. The molecule has 28 heavy (non-hydrogen) atoms. The molecule has 0 aromatic rings. The molecule has 0 radical (unpaired) electrons. The Kier molecular flexibility index (Phi) is 9.38. The molecule has 2 aliphatic rings. The number of fused-ring (bicyclic) bond motifs is 1. The van der Waals surface area contributed by atoms with E-state index in [1.807, 2.05) is 6.92 Å². The van der Waals surface area contributed by atoms with E-state index in [1.165, 1.54) is 14.2 Å². The van der Waals surface area contributed by atoms with Crippen molar-refractivity contribution in [3.05, 3.63) is 12.2 Å². The number of hydrogen-bond donors (Lipinski definition) is 1. The number of hydrogen-bond acceptors (Lipinski definition) is 5. The van der Waals surface area contributed by atoms with E-state index in [0.717, 1.165) is 38.5 Å². The van der Waals surface area contributed by atoms with Crippen LogP contribution in [0, 0.1) is 11.8 Å². The van der Waals surface area contributed by atoms with Gasteiger partial charge in [0, 0.05) is 26.4 Å². The van der Waals surface area contributed by atoms with Gasteiger partial charge in [0.2, 0.25) is 0 Å². The van der Waals surface area contributed by atoms with Crippen molar-refractivity contribution in [2.75, 3.05) is 14.2 Å². The van der Waals surface area contributed by atoms with Gasteiger partial charge in [-0.1, -0.05) is 31.9 Å². The Morgan fingerprint density at radius 1 is 1.36 bits per heavy atom. The molecule has 0 spiro atoms. The van der Waals surface area contributed by atoms with Gasteiger partial charge < -0.3 is 19.3 Å². The molecule has 1 aliphatic heterocycles. The summed E-state index contributed by atoms with van der Waals surface area (Å²) in [5, 5.41) is 10.5. The summed E-state index contributed by atoms with van der Waals surface area (Å²) < 4.78 is 31.2. The van der Waals surface area contributed by atoms with Crippen LogP contribution in [0.25, 0.3) is 0 Å². The predicted octanol–water partition coefficient (Wildman–Crippen LogP) is 4.32. The summed E-state index contributed by atoms with van der Waals surface area (Å²) >= 11 is 0. The molecule has 1 N–H and O–H groups in total. The zero-order valence-electron chi connectivity index (χ0n) is 17.6.